The standard InChI is InChI=1S/C15H20F3NO2/c16-15(17,18)21-14-3-1-2-13(10-14)11-19-7-4-12-5-8-20-9-6-12/h1-3,10,12,19H,4-9,11H2. The van der Waals surface area contributed by atoms with Crippen molar-refractivity contribution in [2.75, 3.05) is 19.8 Å². The average Bonchev–Trinajstić information content (AvgIpc) is 2.43. The first-order valence-corrected chi connectivity index (χ1v) is 7.16. The Morgan fingerprint density at radius 1 is 1.24 bits per heavy atom. The molecular weight excluding hydrogens is 283 g/mol. The van der Waals surface area contributed by atoms with Gasteiger partial charge in [0.1, 0.15) is 5.75 Å². The van der Waals surface area contributed by atoms with E-state index in [2.05, 4.69) is 10.1 Å². The highest BCUT2D eigenvalue weighted by molar-refractivity contribution is 5.28. The summed E-state index contributed by atoms with van der Waals surface area (Å²) >= 11 is 0. The molecule has 1 N–H and O–H groups in total. The van der Waals surface area contributed by atoms with Gasteiger partial charge in [-0.15, -0.1) is 13.2 Å². The van der Waals surface area contributed by atoms with Crippen LogP contribution >= 0.6 is 0 Å². The van der Waals surface area contributed by atoms with Gasteiger partial charge in [-0.1, -0.05) is 12.1 Å². The van der Waals surface area contributed by atoms with Gasteiger partial charge in [0.15, 0.2) is 0 Å². The minimum atomic E-state index is -4.64. The Bertz CT molecular complexity index is 431. The van der Waals surface area contributed by atoms with E-state index in [0.29, 0.717) is 12.5 Å². The van der Waals surface area contributed by atoms with Crippen LogP contribution in [-0.2, 0) is 11.3 Å². The fourth-order valence-electron chi connectivity index (χ4n) is 2.43. The van der Waals surface area contributed by atoms with Gasteiger partial charge in [0.05, 0.1) is 0 Å². The van der Waals surface area contributed by atoms with Crippen molar-refractivity contribution in [3.8, 4) is 5.75 Å². The van der Waals surface area contributed by atoms with Gasteiger partial charge in [-0.2, -0.15) is 0 Å². The van der Waals surface area contributed by atoms with Gasteiger partial charge in [0.2, 0.25) is 0 Å². The summed E-state index contributed by atoms with van der Waals surface area (Å²) in [4.78, 5) is 0. The molecule has 1 aliphatic rings. The minimum Gasteiger partial charge on any atom is -0.406 e. The van der Waals surface area contributed by atoms with E-state index in [9.17, 15) is 13.2 Å². The molecule has 0 aliphatic carbocycles. The second-order valence-corrected chi connectivity index (χ2v) is 5.22. The van der Waals surface area contributed by atoms with Crippen LogP contribution in [0.15, 0.2) is 24.3 Å². The summed E-state index contributed by atoms with van der Waals surface area (Å²) in [6, 6.07) is 6.06. The smallest absolute Gasteiger partial charge is 0.406 e. The number of hydrogen-bond acceptors (Lipinski definition) is 3. The number of nitrogens with one attached hydrogen (secondary N) is 1. The first-order chi connectivity index (χ1) is 10.0. The zero-order valence-electron chi connectivity index (χ0n) is 11.8. The van der Waals surface area contributed by atoms with E-state index in [4.69, 9.17) is 4.74 Å². The van der Waals surface area contributed by atoms with Crippen LogP contribution in [0.2, 0.25) is 0 Å². The van der Waals surface area contributed by atoms with E-state index in [0.717, 1.165) is 44.6 Å². The lowest BCUT2D eigenvalue weighted by Gasteiger charge is -2.21. The molecule has 118 valence electrons. The molecule has 1 heterocycles. The quantitative estimate of drug-likeness (QED) is 0.816. The molecule has 0 aromatic heterocycles. The first-order valence-electron chi connectivity index (χ1n) is 7.16. The highest BCUT2D eigenvalue weighted by Gasteiger charge is 2.31. The average molecular weight is 303 g/mol. The van der Waals surface area contributed by atoms with E-state index in [1.54, 1.807) is 12.1 Å². The van der Waals surface area contributed by atoms with Crippen molar-refractivity contribution in [3.05, 3.63) is 29.8 Å². The molecule has 0 amide bonds. The molecule has 1 aliphatic heterocycles. The topological polar surface area (TPSA) is 30.5 Å². The van der Waals surface area contributed by atoms with E-state index < -0.39 is 6.36 Å². The molecule has 1 saturated heterocycles. The Kier molecular flexibility index (Phi) is 5.87. The molecular formula is C15H20F3NO2. The van der Waals surface area contributed by atoms with Gasteiger partial charge in [-0.3, -0.25) is 0 Å². The lowest BCUT2D eigenvalue weighted by atomic mass is 9.97. The van der Waals surface area contributed by atoms with E-state index >= 15 is 0 Å². The number of halogens is 3. The lowest BCUT2D eigenvalue weighted by molar-refractivity contribution is -0.274. The van der Waals surface area contributed by atoms with Crippen molar-refractivity contribution in [1.82, 2.24) is 5.32 Å². The van der Waals surface area contributed by atoms with Gasteiger partial charge in [0.25, 0.3) is 0 Å². The fraction of sp³-hybridized carbons (Fsp3) is 0.600. The molecule has 0 unspecified atom stereocenters. The van der Waals surface area contributed by atoms with Crippen LogP contribution in [0, 0.1) is 5.92 Å². The third kappa shape index (κ3) is 6.35. The molecule has 21 heavy (non-hydrogen) atoms. The predicted molar refractivity (Wildman–Crippen MR) is 73.0 cm³/mol. The van der Waals surface area contributed by atoms with E-state index in [1.165, 1.54) is 12.1 Å². The normalized spacial score (nSPS) is 16.9. The van der Waals surface area contributed by atoms with Crippen LogP contribution in [0.4, 0.5) is 13.2 Å². The van der Waals surface area contributed by atoms with Crippen LogP contribution in [0.5, 0.6) is 5.75 Å². The van der Waals surface area contributed by atoms with Gasteiger partial charge >= 0.3 is 6.36 Å². The Morgan fingerprint density at radius 2 is 2.00 bits per heavy atom. The number of rotatable bonds is 6. The summed E-state index contributed by atoms with van der Waals surface area (Å²) in [5.74, 6) is 0.511. The molecule has 0 bridgehead atoms. The molecule has 0 saturated carbocycles. The molecule has 6 heteroatoms. The molecule has 3 nitrogen and oxygen atoms in total. The van der Waals surface area contributed by atoms with E-state index in [1.807, 2.05) is 0 Å². The number of ether oxygens (including phenoxy) is 2. The maximum atomic E-state index is 12.1. The summed E-state index contributed by atoms with van der Waals surface area (Å²) < 4.78 is 45.6. The van der Waals surface area contributed by atoms with Crippen molar-refractivity contribution < 1.29 is 22.6 Å². The zero-order valence-corrected chi connectivity index (χ0v) is 11.8. The second-order valence-electron chi connectivity index (χ2n) is 5.22. The van der Waals surface area contributed by atoms with Gasteiger partial charge < -0.3 is 14.8 Å². The van der Waals surface area contributed by atoms with Gasteiger partial charge in [0, 0.05) is 19.8 Å². The van der Waals surface area contributed by atoms with Crippen LogP contribution < -0.4 is 10.1 Å². The fourth-order valence-corrected chi connectivity index (χ4v) is 2.43. The molecule has 1 aromatic rings. The van der Waals surface area contributed by atoms with Crippen molar-refractivity contribution >= 4 is 0 Å². The number of benzene rings is 1. The summed E-state index contributed by atoms with van der Waals surface area (Å²) in [5.41, 5.74) is 0.781. The molecule has 1 aromatic carbocycles. The van der Waals surface area contributed by atoms with Gasteiger partial charge in [-0.05, 0) is 49.4 Å². The van der Waals surface area contributed by atoms with Crippen molar-refractivity contribution in [2.24, 2.45) is 5.92 Å². The zero-order chi connectivity index (χ0) is 15.1. The van der Waals surface area contributed by atoms with Crippen molar-refractivity contribution in [1.29, 1.82) is 0 Å². The molecule has 0 atom stereocenters. The number of alkyl halides is 3. The van der Waals surface area contributed by atoms with Crippen molar-refractivity contribution in [2.45, 2.75) is 32.2 Å². The third-order valence-electron chi connectivity index (χ3n) is 3.53. The Balaban J connectivity index is 1.71. The minimum absolute atomic E-state index is 0.175. The van der Waals surface area contributed by atoms with E-state index in [-0.39, 0.29) is 5.75 Å². The first kappa shape index (κ1) is 16.1. The van der Waals surface area contributed by atoms with Crippen LogP contribution in [0.25, 0.3) is 0 Å². The van der Waals surface area contributed by atoms with Crippen LogP contribution in [-0.4, -0.2) is 26.1 Å². The summed E-state index contributed by atoms with van der Waals surface area (Å²) in [6.45, 7) is 3.07. The largest absolute Gasteiger partial charge is 0.573 e. The highest BCUT2D eigenvalue weighted by atomic mass is 19.4. The molecule has 1 fully saturated rings. The second kappa shape index (κ2) is 7.66. The molecule has 2 rings (SSSR count). The summed E-state index contributed by atoms with van der Waals surface area (Å²) in [5, 5.41) is 3.26. The van der Waals surface area contributed by atoms with Crippen molar-refractivity contribution in [3.63, 3.8) is 0 Å². The van der Waals surface area contributed by atoms with Crippen LogP contribution in [0.1, 0.15) is 24.8 Å². The SMILES string of the molecule is FC(F)(F)Oc1cccc(CNCCC2CCOCC2)c1. The monoisotopic (exact) mass is 303 g/mol. The summed E-state index contributed by atoms with van der Waals surface area (Å²) in [6.07, 6.45) is -1.38. The lowest BCUT2D eigenvalue weighted by Crippen LogP contribution is -2.22. The molecule has 0 radical (unpaired) electrons. The van der Waals surface area contributed by atoms with Gasteiger partial charge in [-0.25, -0.2) is 0 Å². The Labute approximate surface area is 122 Å². The highest BCUT2D eigenvalue weighted by Crippen LogP contribution is 2.23. The maximum Gasteiger partial charge on any atom is 0.573 e. The number of hydrogen-bond donors (Lipinski definition) is 1. The Hall–Kier alpha value is -1.27. The summed E-state index contributed by atoms with van der Waals surface area (Å²) in [7, 11) is 0. The maximum absolute atomic E-state index is 12.1. The predicted octanol–water partition coefficient (Wildman–Crippen LogP) is 3.49. The third-order valence-corrected chi connectivity index (χ3v) is 3.53. The Morgan fingerprint density at radius 3 is 2.71 bits per heavy atom. The molecule has 0 spiro atoms. The van der Waals surface area contributed by atoms with Crippen LogP contribution in [0.3, 0.4) is 0 Å².